The van der Waals surface area contributed by atoms with Gasteiger partial charge < -0.3 is 0 Å². The van der Waals surface area contributed by atoms with E-state index >= 15 is 0 Å². The third kappa shape index (κ3) is 1.41. The van der Waals surface area contributed by atoms with Crippen molar-refractivity contribution in [2.24, 2.45) is 0 Å². The smallest absolute Gasteiger partial charge is 0.177 e. The van der Waals surface area contributed by atoms with Crippen molar-refractivity contribution in [3.05, 3.63) is 34.9 Å². The quantitative estimate of drug-likeness (QED) is 0.610. The molecule has 66 valence electrons. The predicted molar refractivity (Wildman–Crippen MR) is 46.7 cm³/mol. The van der Waals surface area contributed by atoms with E-state index in [0.717, 1.165) is 12.0 Å². The molecule has 0 aromatic heterocycles. The summed E-state index contributed by atoms with van der Waals surface area (Å²) in [7, 11) is 0. The first-order valence-corrected chi connectivity index (χ1v) is 4.21. The van der Waals surface area contributed by atoms with Gasteiger partial charge in [0.2, 0.25) is 0 Å². The van der Waals surface area contributed by atoms with E-state index in [1.54, 1.807) is 18.2 Å². The minimum atomic E-state index is -1.07. The third-order valence-electron chi connectivity index (χ3n) is 2.26. The first-order chi connectivity index (χ1) is 6.31. The second-order valence-electron chi connectivity index (χ2n) is 3.09. The summed E-state index contributed by atoms with van der Waals surface area (Å²) in [5.41, 5.74) is 2.23. The zero-order valence-corrected chi connectivity index (χ0v) is 7.05. The lowest BCUT2D eigenvalue weighted by atomic mass is 9.98. The number of nitriles is 1. The average Bonchev–Trinajstić information content (AvgIpc) is 2.18. The van der Waals surface area contributed by atoms with Gasteiger partial charge in [-0.05, 0) is 24.1 Å². The SMILES string of the molecule is N#Cc1ccc2c(c1)CCNC2F. The highest BCUT2D eigenvalue weighted by Crippen LogP contribution is 2.24. The summed E-state index contributed by atoms with van der Waals surface area (Å²) in [6.45, 7) is 0.642. The maximum Gasteiger partial charge on any atom is 0.177 e. The monoisotopic (exact) mass is 176 g/mol. The lowest BCUT2D eigenvalue weighted by molar-refractivity contribution is 0.269. The molecule has 13 heavy (non-hydrogen) atoms. The molecular weight excluding hydrogens is 167 g/mol. The molecule has 1 unspecified atom stereocenters. The Bertz CT molecular complexity index is 368. The largest absolute Gasteiger partial charge is 0.284 e. The van der Waals surface area contributed by atoms with Crippen LogP contribution in [0.3, 0.4) is 0 Å². The minimum Gasteiger partial charge on any atom is -0.284 e. The van der Waals surface area contributed by atoms with Crippen LogP contribution in [-0.2, 0) is 6.42 Å². The van der Waals surface area contributed by atoms with Gasteiger partial charge in [0, 0.05) is 12.1 Å². The molecule has 1 aliphatic rings. The van der Waals surface area contributed by atoms with Crippen molar-refractivity contribution in [2.45, 2.75) is 12.7 Å². The maximum atomic E-state index is 13.2. The molecule has 0 amide bonds. The van der Waals surface area contributed by atoms with E-state index in [1.807, 2.05) is 6.07 Å². The van der Waals surface area contributed by atoms with Gasteiger partial charge in [0.15, 0.2) is 6.30 Å². The van der Waals surface area contributed by atoms with Crippen LogP contribution in [0.5, 0.6) is 0 Å². The summed E-state index contributed by atoms with van der Waals surface area (Å²) in [5, 5.41) is 11.4. The van der Waals surface area contributed by atoms with Crippen molar-refractivity contribution in [2.75, 3.05) is 6.54 Å². The second-order valence-corrected chi connectivity index (χ2v) is 3.09. The summed E-state index contributed by atoms with van der Waals surface area (Å²) < 4.78 is 13.2. The summed E-state index contributed by atoms with van der Waals surface area (Å²) in [4.78, 5) is 0. The summed E-state index contributed by atoms with van der Waals surface area (Å²) in [6, 6.07) is 7.15. The molecule has 0 fully saturated rings. The number of nitrogens with zero attached hydrogens (tertiary/aromatic N) is 1. The van der Waals surface area contributed by atoms with Crippen LogP contribution in [0.1, 0.15) is 23.0 Å². The Balaban J connectivity index is 2.47. The van der Waals surface area contributed by atoms with E-state index in [-0.39, 0.29) is 0 Å². The van der Waals surface area contributed by atoms with E-state index < -0.39 is 6.30 Å². The van der Waals surface area contributed by atoms with Crippen molar-refractivity contribution in [3.63, 3.8) is 0 Å². The molecule has 0 spiro atoms. The van der Waals surface area contributed by atoms with E-state index in [9.17, 15) is 4.39 Å². The molecule has 1 aromatic carbocycles. The average molecular weight is 176 g/mol. The van der Waals surface area contributed by atoms with Gasteiger partial charge in [0.1, 0.15) is 0 Å². The van der Waals surface area contributed by atoms with Crippen molar-refractivity contribution in [1.82, 2.24) is 5.32 Å². The van der Waals surface area contributed by atoms with Gasteiger partial charge in [-0.25, -0.2) is 4.39 Å². The third-order valence-corrected chi connectivity index (χ3v) is 2.26. The lowest BCUT2D eigenvalue weighted by Gasteiger charge is -2.20. The highest BCUT2D eigenvalue weighted by Gasteiger charge is 2.18. The van der Waals surface area contributed by atoms with Gasteiger partial charge in [0.05, 0.1) is 11.6 Å². The standard InChI is InChI=1S/C10H9FN2/c11-10-9-2-1-7(6-12)5-8(9)3-4-13-10/h1-2,5,10,13H,3-4H2. The first kappa shape index (κ1) is 8.21. The number of fused-ring (bicyclic) bond motifs is 1. The molecule has 3 heteroatoms. The second kappa shape index (κ2) is 3.15. The number of alkyl halides is 1. The van der Waals surface area contributed by atoms with Crippen LogP contribution < -0.4 is 5.32 Å². The lowest BCUT2D eigenvalue weighted by Crippen LogP contribution is -2.26. The molecule has 1 aromatic rings. The fourth-order valence-corrected chi connectivity index (χ4v) is 1.58. The molecule has 0 bridgehead atoms. The van der Waals surface area contributed by atoms with Gasteiger partial charge in [-0.2, -0.15) is 5.26 Å². The van der Waals surface area contributed by atoms with E-state index in [1.165, 1.54) is 0 Å². The summed E-state index contributed by atoms with van der Waals surface area (Å²) >= 11 is 0. The van der Waals surface area contributed by atoms with Crippen molar-refractivity contribution < 1.29 is 4.39 Å². The number of benzene rings is 1. The zero-order chi connectivity index (χ0) is 9.26. The zero-order valence-electron chi connectivity index (χ0n) is 7.05. The Morgan fingerprint density at radius 1 is 1.54 bits per heavy atom. The molecule has 0 aliphatic carbocycles. The Hall–Kier alpha value is -1.40. The molecule has 0 radical (unpaired) electrons. The molecule has 0 saturated heterocycles. The normalized spacial score (nSPS) is 20.5. The maximum absolute atomic E-state index is 13.2. The van der Waals surface area contributed by atoms with Crippen LogP contribution >= 0.6 is 0 Å². The van der Waals surface area contributed by atoms with E-state index in [0.29, 0.717) is 17.7 Å². The Morgan fingerprint density at radius 2 is 2.38 bits per heavy atom. The Morgan fingerprint density at radius 3 is 3.15 bits per heavy atom. The molecule has 0 saturated carbocycles. The molecule has 1 aliphatic heterocycles. The number of nitrogens with one attached hydrogen (secondary N) is 1. The van der Waals surface area contributed by atoms with Crippen LogP contribution in [0, 0.1) is 11.3 Å². The van der Waals surface area contributed by atoms with Gasteiger partial charge in [0.25, 0.3) is 0 Å². The van der Waals surface area contributed by atoms with Gasteiger partial charge in [-0.1, -0.05) is 6.07 Å². The fourth-order valence-electron chi connectivity index (χ4n) is 1.58. The van der Waals surface area contributed by atoms with Crippen LogP contribution in [-0.4, -0.2) is 6.54 Å². The molecular formula is C10H9FN2. The fraction of sp³-hybridized carbons (Fsp3) is 0.300. The Kier molecular flexibility index (Phi) is 1.99. The van der Waals surface area contributed by atoms with Gasteiger partial charge in [-0.3, -0.25) is 5.32 Å². The van der Waals surface area contributed by atoms with Crippen LogP contribution in [0.2, 0.25) is 0 Å². The molecule has 1 N–H and O–H groups in total. The minimum absolute atomic E-state index is 0.604. The van der Waals surface area contributed by atoms with E-state index in [2.05, 4.69) is 5.32 Å². The van der Waals surface area contributed by atoms with Crippen molar-refractivity contribution in [3.8, 4) is 6.07 Å². The molecule has 2 rings (SSSR count). The summed E-state index contributed by atoms with van der Waals surface area (Å²) in [6.07, 6.45) is -0.276. The van der Waals surface area contributed by atoms with Gasteiger partial charge in [-0.15, -0.1) is 0 Å². The van der Waals surface area contributed by atoms with Crippen LogP contribution in [0.25, 0.3) is 0 Å². The van der Waals surface area contributed by atoms with Crippen LogP contribution in [0.4, 0.5) is 4.39 Å². The Labute approximate surface area is 76.0 Å². The van der Waals surface area contributed by atoms with Gasteiger partial charge >= 0.3 is 0 Å². The molecule has 1 atom stereocenters. The highest BCUT2D eigenvalue weighted by molar-refractivity contribution is 5.40. The number of rotatable bonds is 0. The van der Waals surface area contributed by atoms with E-state index in [4.69, 9.17) is 5.26 Å². The van der Waals surface area contributed by atoms with Crippen molar-refractivity contribution in [1.29, 1.82) is 5.26 Å². The van der Waals surface area contributed by atoms with Crippen LogP contribution in [0.15, 0.2) is 18.2 Å². The topological polar surface area (TPSA) is 35.8 Å². The predicted octanol–water partition coefficient (Wildman–Crippen LogP) is 1.67. The highest BCUT2D eigenvalue weighted by atomic mass is 19.1. The number of hydrogen-bond acceptors (Lipinski definition) is 2. The summed E-state index contributed by atoms with van der Waals surface area (Å²) in [5.74, 6) is 0. The van der Waals surface area contributed by atoms with Crippen molar-refractivity contribution >= 4 is 0 Å². The molecule has 1 heterocycles. The first-order valence-electron chi connectivity index (χ1n) is 4.21. The number of halogens is 1. The number of hydrogen-bond donors (Lipinski definition) is 1. The molecule has 2 nitrogen and oxygen atoms in total.